The number of carbonyl (C=O) groups is 1. The molecule has 142 valence electrons. The lowest BCUT2D eigenvalue weighted by atomic mass is 10.1. The molecule has 0 bridgehead atoms. The quantitative estimate of drug-likeness (QED) is 0.596. The maximum Gasteiger partial charge on any atom is 0.240 e. The van der Waals surface area contributed by atoms with Crippen LogP contribution in [0.2, 0.25) is 0 Å². The number of nitrogens with zero attached hydrogens (tertiary/aromatic N) is 3. The zero-order chi connectivity index (χ0) is 19.4. The van der Waals surface area contributed by atoms with E-state index >= 15 is 0 Å². The van der Waals surface area contributed by atoms with Crippen LogP contribution in [0.25, 0.3) is 11.4 Å². The molecule has 1 atom stereocenters. The van der Waals surface area contributed by atoms with Gasteiger partial charge in [0, 0.05) is 17.0 Å². The summed E-state index contributed by atoms with van der Waals surface area (Å²) < 4.78 is 2.17. The Balaban J connectivity index is 1.71. The highest BCUT2D eigenvalue weighted by molar-refractivity contribution is 7.71. The molecule has 3 aromatic rings. The van der Waals surface area contributed by atoms with Crippen molar-refractivity contribution in [3.63, 3.8) is 0 Å². The van der Waals surface area contributed by atoms with Crippen molar-refractivity contribution in [2.75, 3.05) is 20.6 Å². The second-order valence-corrected chi connectivity index (χ2v) is 7.97. The number of thiophene rings is 1. The lowest BCUT2D eigenvalue weighted by Gasteiger charge is -2.23. The SMILES string of the molecule is Cc1cccc(-c2n[nH]c(=S)n2CC(=O)NC[C@H](c2cccs2)N(C)C)c1. The van der Waals surface area contributed by atoms with Crippen molar-refractivity contribution >= 4 is 29.5 Å². The van der Waals surface area contributed by atoms with Gasteiger partial charge < -0.3 is 10.2 Å². The zero-order valence-electron chi connectivity index (χ0n) is 15.6. The Hall–Kier alpha value is -2.29. The highest BCUT2D eigenvalue weighted by Gasteiger charge is 2.17. The molecule has 0 saturated heterocycles. The van der Waals surface area contributed by atoms with Gasteiger partial charge in [0.15, 0.2) is 10.6 Å². The molecule has 6 nitrogen and oxygen atoms in total. The molecular weight excluding hydrogens is 378 g/mol. The molecule has 0 fully saturated rings. The fourth-order valence-corrected chi connectivity index (χ4v) is 4.02. The summed E-state index contributed by atoms with van der Waals surface area (Å²) in [7, 11) is 4.02. The first-order valence-electron chi connectivity index (χ1n) is 8.64. The number of likely N-dealkylation sites (N-methyl/N-ethyl adjacent to an activating group) is 1. The van der Waals surface area contributed by atoms with Crippen LogP contribution < -0.4 is 5.32 Å². The Morgan fingerprint density at radius 2 is 2.19 bits per heavy atom. The molecule has 3 rings (SSSR count). The second kappa shape index (κ2) is 8.60. The van der Waals surface area contributed by atoms with E-state index in [0.717, 1.165) is 11.1 Å². The number of benzene rings is 1. The summed E-state index contributed by atoms with van der Waals surface area (Å²) in [5, 5.41) is 12.2. The standard InChI is InChI=1S/C19H23N5OS2/c1-13-6-4-7-14(10-13)18-21-22-19(26)24(18)12-17(25)20-11-15(23(2)3)16-8-5-9-27-16/h4-10,15H,11-12H2,1-3H3,(H,20,25)(H,22,26)/t15-/m1/s1. The summed E-state index contributed by atoms with van der Waals surface area (Å²) in [4.78, 5) is 15.9. The maximum absolute atomic E-state index is 12.6. The third-order valence-electron chi connectivity index (χ3n) is 4.32. The van der Waals surface area contributed by atoms with Gasteiger partial charge in [-0.3, -0.25) is 14.5 Å². The fraction of sp³-hybridized carbons (Fsp3) is 0.316. The van der Waals surface area contributed by atoms with E-state index in [1.807, 2.05) is 56.7 Å². The normalized spacial score (nSPS) is 12.3. The summed E-state index contributed by atoms with van der Waals surface area (Å²) in [6.07, 6.45) is 0. The van der Waals surface area contributed by atoms with Crippen LogP contribution in [0.1, 0.15) is 16.5 Å². The molecule has 0 radical (unpaired) electrons. The van der Waals surface area contributed by atoms with Crippen molar-refractivity contribution in [1.82, 2.24) is 25.0 Å². The Kier molecular flexibility index (Phi) is 6.20. The Morgan fingerprint density at radius 3 is 2.85 bits per heavy atom. The van der Waals surface area contributed by atoms with Crippen molar-refractivity contribution in [2.45, 2.75) is 19.5 Å². The molecule has 0 spiro atoms. The van der Waals surface area contributed by atoms with Gasteiger partial charge in [-0.05, 0) is 50.7 Å². The van der Waals surface area contributed by atoms with E-state index in [9.17, 15) is 4.79 Å². The molecular formula is C19H23N5OS2. The van der Waals surface area contributed by atoms with Crippen molar-refractivity contribution in [3.8, 4) is 11.4 Å². The summed E-state index contributed by atoms with van der Waals surface area (Å²) >= 11 is 7.01. The highest BCUT2D eigenvalue weighted by atomic mass is 32.1. The van der Waals surface area contributed by atoms with Gasteiger partial charge in [-0.15, -0.1) is 11.3 Å². The van der Waals surface area contributed by atoms with Crippen LogP contribution in [0.5, 0.6) is 0 Å². The average molecular weight is 402 g/mol. The minimum Gasteiger partial charge on any atom is -0.353 e. The van der Waals surface area contributed by atoms with Crippen molar-refractivity contribution in [1.29, 1.82) is 0 Å². The fourth-order valence-electron chi connectivity index (χ4n) is 2.90. The molecule has 2 N–H and O–H groups in total. The van der Waals surface area contributed by atoms with E-state index in [4.69, 9.17) is 12.2 Å². The molecule has 0 aliphatic heterocycles. The molecule has 2 aromatic heterocycles. The predicted octanol–water partition coefficient (Wildman–Crippen LogP) is 3.40. The molecule has 0 aliphatic rings. The summed E-state index contributed by atoms with van der Waals surface area (Å²) in [5.74, 6) is 0.575. The number of hydrogen-bond acceptors (Lipinski definition) is 5. The van der Waals surface area contributed by atoms with Crippen molar-refractivity contribution < 1.29 is 4.79 Å². The van der Waals surface area contributed by atoms with Gasteiger partial charge in [0.2, 0.25) is 5.91 Å². The van der Waals surface area contributed by atoms with Crippen molar-refractivity contribution in [3.05, 3.63) is 57.0 Å². The number of aromatic amines is 1. The maximum atomic E-state index is 12.6. The van der Waals surface area contributed by atoms with Gasteiger partial charge >= 0.3 is 0 Å². The van der Waals surface area contributed by atoms with E-state index in [-0.39, 0.29) is 18.5 Å². The predicted molar refractivity (Wildman–Crippen MR) is 111 cm³/mol. The number of carbonyl (C=O) groups excluding carboxylic acids is 1. The largest absolute Gasteiger partial charge is 0.353 e. The number of rotatable bonds is 7. The van der Waals surface area contributed by atoms with Crippen LogP contribution in [-0.2, 0) is 11.3 Å². The lowest BCUT2D eigenvalue weighted by Crippen LogP contribution is -2.36. The molecule has 2 heterocycles. The molecule has 8 heteroatoms. The molecule has 1 amide bonds. The van der Waals surface area contributed by atoms with E-state index in [0.29, 0.717) is 17.1 Å². The number of aryl methyl sites for hydroxylation is 1. The third kappa shape index (κ3) is 4.71. The Labute approximate surface area is 167 Å². The summed E-state index contributed by atoms with van der Waals surface area (Å²) in [5.41, 5.74) is 2.06. The molecule has 1 aromatic carbocycles. The van der Waals surface area contributed by atoms with Gasteiger partial charge in [-0.1, -0.05) is 29.8 Å². The second-order valence-electron chi connectivity index (χ2n) is 6.61. The topological polar surface area (TPSA) is 66.0 Å². The van der Waals surface area contributed by atoms with Crippen molar-refractivity contribution in [2.24, 2.45) is 0 Å². The number of nitrogens with one attached hydrogen (secondary N) is 2. The zero-order valence-corrected chi connectivity index (χ0v) is 17.2. The smallest absolute Gasteiger partial charge is 0.240 e. The number of hydrogen-bond donors (Lipinski definition) is 2. The monoisotopic (exact) mass is 401 g/mol. The van der Waals surface area contributed by atoms with Gasteiger partial charge in [0.05, 0.1) is 6.04 Å². The highest BCUT2D eigenvalue weighted by Crippen LogP contribution is 2.22. The number of H-pyrrole nitrogens is 1. The first-order valence-corrected chi connectivity index (χ1v) is 9.93. The summed E-state index contributed by atoms with van der Waals surface area (Å²) in [6.45, 7) is 2.69. The Bertz CT molecular complexity index is 959. The van der Waals surface area contributed by atoms with Crippen LogP contribution in [0.3, 0.4) is 0 Å². The first-order chi connectivity index (χ1) is 13.0. The number of aromatic nitrogens is 3. The minimum absolute atomic E-state index is 0.0928. The van der Waals surface area contributed by atoms with Crippen LogP contribution in [0, 0.1) is 11.7 Å². The first kappa shape index (κ1) is 19.5. The summed E-state index contributed by atoms with van der Waals surface area (Å²) in [6, 6.07) is 12.2. The van der Waals surface area contributed by atoms with E-state index in [1.165, 1.54) is 4.88 Å². The Morgan fingerprint density at radius 1 is 1.37 bits per heavy atom. The number of amides is 1. The van der Waals surface area contributed by atoms with Gasteiger partial charge in [-0.2, -0.15) is 5.10 Å². The van der Waals surface area contributed by atoms with Crippen LogP contribution in [0.4, 0.5) is 0 Å². The molecule has 27 heavy (non-hydrogen) atoms. The molecule has 0 unspecified atom stereocenters. The molecule has 0 saturated carbocycles. The average Bonchev–Trinajstić information content (AvgIpc) is 3.26. The molecule has 0 aliphatic carbocycles. The lowest BCUT2D eigenvalue weighted by molar-refractivity contribution is -0.121. The third-order valence-corrected chi connectivity index (χ3v) is 5.61. The van der Waals surface area contributed by atoms with E-state index < -0.39 is 0 Å². The van der Waals surface area contributed by atoms with Gasteiger partial charge in [0.1, 0.15) is 6.54 Å². The van der Waals surface area contributed by atoms with Gasteiger partial charge in [-0.25, -0.2) is 0 Å². The van der Waals surface area contributed by atoms with Gasteiger partial charge in [0.25, 0.3) is 0 Å². The van der Waals surface area contributed by atoms with E-state index in [2.05, 4.69) is 26.5 Å². The van der Waals surface area contributed by atoms with Crippen LogP contribution >= 0.6 is 23.6 Å². The van der Waals surface area contributed by atoms with E-state index in [1.54, 1.807) is 15.9 Å². The van der Waals surface area contributed by atoms with Crippen LogP contribution in [0.15, 0.2) is 41.8 Å². The minimum atomic E-state index is -0.0928. The van der Waals surface area contributed by atoms with Crippen LogP contribution in [-0.4, -0.2) is 46.2 Å².